The van der Waals surface area contributed by atoms with Crippen LogP contribution in [0.15, 0.2) is 49.0 Å². The first-order chi connectivity index (χ1) is 5.74. The molecule has 0 N–H and O–H groups in total. The van der Waals surface area contributed by atoms with Crippen molar-refractivity contribution < 1.29 is 0 Å². The van der Waals surface area contributed by atoms with Crippen LogP contribution < -0.4 is 0 Å². The third-order valence-electron chi connectivity index (χ3n) is 2.12. The minimum atomic E-state index is -1.51. The van der Waals surface area contributed by atoms with Crippen molar-refractivity contribution in [2.75, 3.05) is 0 Å². The number of hydrogen-bond acceptors (Lipinski definition) is 0. The van der Waals surface area contributed by atoms with Crippen LogP contribution in [-0.4, -0.2) is 8.07 Å². The maximum absolute atomic E-state index is 3.85. The van der Waals surface area contributed by atoms with Gasteiger partial charge in [0.05, 0.1) is 0 Å². The van der Waals surface area contributed by atoms with Crippen molar-refractivity contribution in [2.24, 2.45) is 0 Å². The summed E-state index contributed by atoms with van der Waals surface area (Å²) in [5.41, 5.74) is 6.11. The van der Waals surface area contributed by atoms with Gasteiger partial charge in [0.1, 0.15) is 8.07 Å². The minimum Gasteiger partial charge on any atom is -0.106 e. The number of rotatable bonds is 6. The fourth-order valence-corrected chi connectivity index (χ4v) is 2.84. The largest absolute Gasteiger partial charge is 0.124 e. The van der Waals surface area contributed by atoms with Gasteiger partial charge in [0, 0.05) is 0 Å². The van der Waals surface area contributed by atoms with Gasteiger partial charge in [0.2, 0.25) is 0 Å². The molecule has 0 atom stereocenters. The summed E-state index contributed by atoms with van der Waals surface area (Å²) in [6.07, 6.45) is 5.36. The van der Waals surface area contributed by atoms with Crippen LogP contribution in [0.4, 0.5) is 0 Å². The Balaban J connectivity index is 4.20. The average Bonchev–Trinajstić information content (AvgIpc) is 2.14. The van der Waals surface area contributed by atoms with Gasteiger partial charge >= 0.3 is 0 Å². The third-order valence-corrected chi connectivity index (χ3v) is 5.55. The Morgan fingerprint density at radius 1 is 1.08 bits per heavy atom. The highest BCUT2D eigenvalue weighted by molar-refractivity contribution is 6.93. The molecule has 0 amide bonds. The number of allylic oxidation sites excluding steroid dienone is 2. The Labute approximate surface area is 77.0 Å². The van der Waals surface area contributed by atoms with Crippen LogP contribution in [0, 0.1) is 0 Å². The molecule has 0 radical (unpaired) electrons. The summed E-state index contributed by atoms with van der Waals surface area (Å²) in [5, 5.41) is 0. The zero-order chi connectivity index (χ0) is 9.45. The van der Waals surface area contributed by atoms with E-state index in [0.29, 0.717) is 0 Å². The highest BCUT2D eigenvalue weighted by atomic mass is 28.3. The second-order valence-corrected chi connectivity index (χ2v) is 6.78. The van der Waals surface area contributed by atoms with Crippen molar-refractivity contribution >= 4 is 8.07 Å². The predicted octanol–water partition coefficient (Wildman–Crippen LogP) is 3.58. The molecule has 0 saturated heterocycles. The monoisotopic (exact) mass is 178 g/mol. The van der Waals surface area contributed by atoms with Gasteiger partial charge in [-0.1, -0.05) is 29.2 Å². The molecule has 0 rings (SSSR count). The number of hydrogen-bond donors (Lipinski definition) is 0. The first-order valence-corrected chi connectivity index (χ1v) is 6.70. The van der Waals surface area contributed by atoms with Gasteiger partial charge in [-0.05, 0) is 19.4 Å². The smallest absolute Gasteiger partial charge is 0.106 e. The Bertz CT molecular complexity index is 167. The molecule has 0 fully saturated rings. The fraction of sp³-hybridized carbons (Fsp3) is 0.273. The summed E-state index contributed by atoms with van der Waals surface area (Å²) in [6.45, 7) is 13.6. The molecule has 0 unspecified atom stereocenters. The zero-order valence-electron chi connectivity index (χ0n) is 7.92. The first-order valence-electron chi connectivity index (χ1n) is 4.26. The van der Waals surface area contributed by atoms with Crippen LogP contribution in [0.1, 0.15) is 13.3 Å². The van der Waals surface area contributed by atoms with Gasteiger partial charge < -0.3 is 0 Å². The van der Waals surface area contributed by atoms with Crippen molar-refractivity contribution in [3.63, 3.8) is 0 Å². The van der Waals surface area contributed by atoms with E-state index in [0.717, 1.165) is 12.5 Å². The van der Waals surface area contributed by atoms with Crippen molar-refractivity contribution in [2.45, 2.75) is 19.4 Å². The van der Waals surface area contributed by atoms with Gasteiger partial charge in [0.25, 0.3) is 0 Å². The van der Waals surface area contributed by atoms with E-state index in [1.165, 1.54) is 0 Å². The summed E-state index contributed by atoms with van der Waals surface area (Å²) in [7, 11) is -1.51. The second-order valence-electron chi connectivity index (χ2n) is 2.83. The lowest BCUT2D eigenvalue weighted by atomic mass is 10.4. The predicted molar refractivity (Wildman–Crippen MR) is 60.6 cm³/mol. The van der Waals surface area contributed by atoms with E-state index in [2.05, 4.69) is 31.9 Å². The molecule has 0 heterocycles. The summed E-state index contributed by atoms with van der Waals surface area (Å²) < 4.78 is 0. The summed E-state index contributed by atoms with van der Waals surface area (Å²) in [4.78, 5) is 0. The van der Waals surface area contributed by atoms with Crippen molar-refractivity contribution in [1.82, 2.24) is 0 Å². The molecule has 1 heteroatoms. The van der Waals surface area contributed by atoms with Crippen LogP contribution in [0.5, 0.6) is 0 Å². The molecule has 66 valence electrons. The lowest BCUT2D eigenvalue weighted by molar-refractivity contribution is 1.18. The highest BCUT2D eigenvalue weighted by Crippen LogP contribution is 2.16. The minimum absolute atomic E-state index is 1.10. The van der Waals surface area contributed by atoms with E-state index in [9.17, 15) is 0 Å². The van der Waals surface area contributed by atoms with Gasteiger partial charge in [-0.25, -0.2) is 0 Å². The topological polar surface area (TPSA) is 0 Å². The molecule has 0 nitrogen and oxygen atoms in total. The molecule has 0 bridgehead atoms. The normalized spacial score (nSPS) is 11.4. The molecule has 0 aliphatic rings. The Hall–Kier alpha value is -0.823. The van der Waals surface area contributed by atoms with Gasteiger partial charge in [-0.15, -0.1) is 19.7 Å². The van der Waals surface area contributed by atoms with Crippen LogP contribution in [0.3, 0.4) is 0 Å². The SMILES string of the molecule is C=C[Si](C=C)(C=C)CCC=CC. The van der Waals surface area contributed by atoms with Crippen molar-refractivity contribution in [3.05, 3.63) is 49.0 Å². The van der Waals surface area contributed by atoms with Crippen LogP contribution >= 0.6 is 0 Å². The van der Waals surface area contributed by atoms with E-state index in [1.54, 1.807) is 0 Å². The van der Waals surface area contributed by atoms with Crippen LogP contribution in [-0.2, 0) is 0 Å². The molecule has 0 spiro atoms. The Morgan fingerprint density at radius 2 is 1.58 bits per heavy atom. The molecule has 0 aromatic carbocycles. The summed E-state index contributed by atoms with van der Waals surface area (Å²) >= 11 is 0. The fourth-order valence-electron chi connectivity index (χ4n) is 1.06. The average molecular weight is 178 g/mol. The Kier molecular flexibility index (Phi) is 5.38. The molecule has 0 saturated carbocycles. The van der Waals surface area contributed by atoms with E-state index >= 15 is 0 Å². The zero-order valence-corrected chi connectivity index (χ0v) is 8.92. The summed E-state index contributed by atoms with van der Waals surface area (Å²) in [6, 6.07) is 1.15. The quantitative estimate of drug-likeness (QED) is 0.431. The Morgan fingerprint density at radius 3 is 1.92 bits per heavy atom. The highest BCUT2D eigenvalue weighted by Gasteiger charge is 2.19. The first kappa shape index (κ1) is 11.2. The standard InChI is InChI=1S/C11H18Si/c1-5-9-10-11-12(6-2,7-3)8-4/h5-9H,2-4,10-11H2,1H3. The van der Waals surface area contributed by atoms with Gasteiger partial charge in [-0.3, -0.25) is 0 Å². The van der Waals surface area contributed by atoms with Gasteiger partial charge in [0.15, 0.2) is 0 Å². The molecular weight excluding hydrogens is 160 g/mol. The second kappa shape index (κ2) is 5.78. The van der Waals surface area contributed by atoms with Crippen molar-refractivity contribution in [1.29, 1.82) is 0 Å². The van der Waals surface area contributed by atoms with E-state index < -0.39 is 8.07 Å². The van der Waals surface area contributed by atoms with E-state index in [1.807, 2.05) is 24.0 Å². The third kappa shape index (κ3) is 3.05. The van der Waals surface area contributed by atoms with Crippen LogP contribution in [0.25, 0.3) is 0 Å². The van der Waals surface area contributed by atoms with E-state index in [-0.39, 0.29) is 0 Å². The van der Waals surface area contributed by atoms with Crippen LogP contribution in [0.2, 0.25) is 6.04 Å². The van der Waals surface area contributed by atoms with Crippen molar-refractivity contribution in [3.8, 4) is 0 Å². The molecule has 12 heavy (non-hydrogen) atoms. The lowest BCUT2D eigenvalue weighted by Gasteiger charge is -2.17. The molecule has 0 aliphatic heterocycles. The van der Waals surface area contributed by atoms with E-state index in [4.69, 9.17) is 0 Å². The van der Waals surface area contributed by atoms with Gasteiger partial charge in [-0.2, -0.15) is 0 Å². The molecular formula is C11H18Si. The maximum Gasteiger partial charge on any atom is 0.124 e. The lowest BCUT2D eigenvalue weighted by Crippen LogP contribution is -2.25. The maximum atomic E-state index is 3.85. The molecule has 0 aliphatic carbocycles. The molecule has 0 aromatic rings. The molecule has 0 aromatic heterocycles. The summed E-state index contributed by atoms with van der Waals surface area (Å²) in [5.74, 6) is 0.